The first-order valence-corrected chi connectivity index (χ1v) is 27.8. The van der Waals surface area contributed by atoms with Crippen molar-refractivity contribution in [1.82, 2.24) is 0 Å². The molecule has 0 fully saturated rings. The Bertz CT molecular complexity index is 1850. The molecule has 7 rings (SSSR count). The summed E-state index contributed by atoms with van der Waals surface area (Å²) in [5.41, 5.74) is 19.3. The van der Waals surface area contributed by atoms with Gasteiger partial charge in [-0.15, -0.1) is 0 Å². The van der Waals surface area contributed by atoms with Crippen molar-refractivity contribution in [3.05, 3.63) is 129 Å². The van der Waals surface area contributed by atoms with Crippen LogP contribution in [0.2, 0.25) is 13.1 Å². The molecule has 1 heterocycles. The fraction of sp³-hybridized carbons (Fsp3) is 0.462. The van der Waals surface area contributed by atoms with Crippen LogP contribution in [0.3, 0.4) is 0 Å². The number of rotatable bonds is 16. The molecule has 0 saturated heterocycles. The molecule has 2 aliphatic carbocycles. The van der Waals surface area contributed by atoms with Gasteiger partial charge in [-0.05, 0) is 0 Å². The van der Waals surface area contributed by atoms with Crippen molar-refractivity contribution >= 4 is 18.5 Å². The summed E-state index contributed by atoms with van der Waals surface area (Å²) in [7, 11) is -2.23. The molecular formula is C52H66SiZr. The third-order valence-electron chi connectivity index (χ3n) is 13.6. The van der Waals surface area contributed by atoms with Crippen molar-refractivity contribution in [1.29, 1.82) is 0 Å². The second-order valence-corrected chi connectivity index (χ2v) is 25.4. The molecule has 0 radical (unpaired) electrons. The summed E-state index contributed by atoms with van der Waals surface area (Å²) in [5, 5.41) is 3.69. The molecule has 4 atom stereocenters. The summed E-state index contributed by atoms with van der Waals surface area (Å²) in [6, 6.07) is 34.5. The minimum atomic E-state index is -2.23. The summed E-state index contributed by atoms with van der Waals surface area (Å²) in [4.78, 5) is 0. The number of benzene rings is 4. The average Bonchev–Trinajstić information content (AvgIpc) is 3.71. The molecule has 0 nitrogen and oxygen atoms in total. The second kappa shape index (κ2) is 17.3. The molecule has 0 N–H and O–H groups in total. The van der Waals surface area contributed by atoms with Gasteiger partial charge in [0.05, 0.1) is 0 Å². The van der Waals surface area contributed by atoms with Crippen molar-refractivity contribution in [2.24, 2.45) is 0 Å². The molecular weight excluding hydrogens is 744 g/mol. The molecule has 0 aromatic heterocycles. The van der Waals surface area contributed by atoms with Crippen LogP contribution >= 0.6 is 0 Å². The fourth-order valence-electron chi connectivity index (χ4n) is 10.2. The van der Waals surface area contributed by atoms with E-state index in [1.54, 1.807) is 22.3 Å². The molecule has 3 aliphatic rings. The van der Waals surface area contributed by atoms with Crippen molar-refractivity contribution in [2.45, 2.75) is 151 Å². The van der Waals surface area contributed by atoms with Crippen molar-refractivity contribution in [3.8, 4) is 22.3 Å². The van der Waals surface area contributed by atoms with E-state index < -0.39 is 31.3 Å². The molecule has 4 aromatic carbocycles. The Morgan fingerprint density at radius 2 is 0.926 bits per heavy atom. The SMILES string of the molecule is CCCCCCC1=C2c3c(-c4ccc(C(C)CC)cc4)cccc3[CH]1[Zr][CH]1C(CCCCCC)=C(c3c(-c4ccc(C(C)CC)cc4)cccc31)[Si]2(C)C. The Kier molecular flexibility index (Phi) is 12.7. The Balaban J connectivity index is 1.44. The zero-order valence-electron chi connectivity index (χ0n) is 34.9. The van der Waals surface area contributed by atoms with Crippen LogP contribution in [-0.4, -0.2) is 8.07 Å². The maximum atomic E-state index is 2.79. The Hall–Kier alpha value is -2.54. The summed E-state index contributed by atoms with van der Waals surface area (Å²) < 4.78 is 1.35. The Morgan fingerprint density at radius 1 is 0.519 bits per heavy atom. The predicted molar refractivity (Wildman–Crippen MR) is 235 cm³/mol. The normalized spacial score (nSPS) is 19.3. The van der Waals surface area contributed by atoms with Crippen LogP contribution in [0.5, 0.6) is 0 Å². The van der Waals surface area contributed by atoms with Gasteiger partial charge in [-0.1, -0.05) is 0 Å². The van der Waals surface area contributed by atoms with E-state index in [9.17, 15) is 0 Å². The molecule has 1 aliphatic heterocycles. The molecule has 4 unspecified atom stereocenters. The Labute approximate surface area is 342 Å². The number of allylic oxidation sites excluding steroid dienone is 2. The molecule has 4 aromatic rings. The van der Waals surface area contributed by atoms with Crippen LogP contribution in [0.1, 0.15) is 171 Å². The van der Waals surface area contributed by atoms with Gasteiger partial charge in [0.2, 0.25) is 0 Å². The minimum absolute atomic E-state index is 0.599. The van der Waals surface area contributed by atoms with Gasteiger partial charge in [-0.2, -0.15) is 0 Å². The third kappa shape index (κ3) is 7.38. The molecule has 54 heavy (non-hydrogen) atoms. The van der Waals surface area contributed by atoms with E-state index in [1.165, 1.54) is 110 Å². The van der Waals surface area contributed by atoms with Crippen LogP contribution in [-0.2, 0) is 23.2 Å². The standard InChI is InChI=1S/C52H66Si.Zr/c1-9-13-15-17-21-45-35-43-23-19-25-47(41-31-27-39(28-32-41)37(5)11-3)49(43)51(45)53(7,8)52-46(22-18-16-14-10-2)36-44-24-20-26-48(50(44)52)42-33-29-40(30-34-42)38(6)12-4;/h19-20,23-38H,9-18,21-22H2,1-8H3;. The summed E-state index contributed by atoms with van der Waals surface area (Å²) in [5.74, 6) is 1.20. The number of hydrogen-bond donors (Lipinski definition) is 0. The van der Waals surface area contributed by atoms with Gasteiger partial charge in [0, 0.05) is 0 Å². The van der Waals surface area contributed by atoms with Crippen molar-refractivity contribution in [3.63, 3.8) is 0 Å². The maximum absolute atomic E-state index is 2.79. The van der Waals surface area contributed by atoms with Crippen LogP contribution < -0.4 is 0 Å². The zero-order valence-corrected chi connectivity index (χ0v) is 38.3. The zero-order chi connectivity index (χ0) is 38.0. The first kappa shape index (κ1) is 39.7. The fourth-order valence-corrected chi connectivity index (χ4v) is 20.4. The molecule has 0 saturated carbocycles. The third-order valence-corrected chi connectivity index (χ3v) is 22.2. The second-order valence-electron chi connectivity index (χ2n) is 17.5. The monoisotopic (exact) mass is 808 g/mol. The molecule has 2 heteroatoms. The van der Waals surface area contributed by atoms with E-state index in [1.807, 2.05) is 21.5 Å². The number of hydrogen-bond acceptors (Lipinski definition) is 0. The topological polar surface area (TPSA) is 0 Å². The summed E-state index contributed by atoms with van der Waals surface area (Å²) >= 11 is -1.01. The number of unbranched alkanes of at least 4 members (excludes halogenated alkanes) is 6. The summed E-state index contributed by atoms with van der Waals surface area (Å²) in [6.07, 6.45) is 15.7. The van der Waals surface area contributed by atoms with Gasteiger partial charge in [0.15, 0.2) is 0 Å². The van der Waals surface area contributed by atoms with Gasteiger partial charge >= 0.3 is 344 Å². The molecule has 4 bridgehead atoms. The molecule has 282 valence electrons. The first-order chi connectivity index (χ1) is 26.2. The quantitative estimate of drug-likeness (QED) is 0.0781. The van der Waals surface area contributed by atoms with Gasteiger partial charge in [0.25, 0.3) is 0 Å². The average molecular weight is 810 g/mol. The van der Waals surface area contributed by atoms with E-state index in [0.717, 1.165) is 0 Å². The van der Waals surface area contributed by atoms with Gasteiger partial charge in [0.1, 0.15) is 0 Å². The van der Waals surface area contributed by atoms with Crippen LogP contribution in [0.25, 0.3) is 32.6 Å². The Morgan fingerprint density at radius 3 is 1.30 bits per heavy atom. The first-order valence-electron chi connectivity index (χ1n) is 21.9. The van der Waals surface area contributed by atoms with Gasteiger partial charge in [-0.25, -0.2) is 0 Å². The van der Waals surface area contributed by atoms with E-state index in [0.29, 0.717) is 19.1 Å². The van der Waals surface area contributed by atoms with E-state index in [2.05, 4.69) is 140 Å². The van der Waals surface area contributed by atoms with Crippen molar-refractivity contribution in [2.75, 3.05) is 0 Å². The predicted octanol–water partition coefficient (Wildman–Crippen LogP) is 16.2. The van der Waals surface area contributed by atoms with Gasteiger partial charge < -0.3 is 0 Å². The van der Waals surface area contributed by atoms with Crippen LogP contribution in [0.15, 0.2) is 96.1 Å². The number of fused-ring (bicyclic) bond motifs is 8. The molecule has 0 spiro atoms. The van der Waals surface area contributed by atoms with Crippen molar-refractivity contribution < 1.29 is 23.2 Å². The van der Waals surface area contributed by atoms with Gasteiger partial charge in [-0.3, -0.25) is 0 Å². The van der Waals surface area contributed by atoms with E-state index in [4.69, 9.17) is 0 Å². The molecule has 0 amide bonds. The van der Waals surface area contributed by atoms with Crippen LogP contribution in [0.4, 0.5) is 0 Å². The summed E-state index contributed by atoms with van der Waals surface area (Å²) in [6.45, 7) is 19.7. The van der Waals surface area contributed by atoms with Crippen LogP contribution in [0, 0.1) is 0 Å². The van der Waals surface area contributed by atoms with E-state index >= 15 is 0 Å². The van der Waals surface area contributed by atoms with E-state index in [-0.39, 0.29) is 0 Å².